The minimum atomic E-state index is -3.74. The fourth-order valence-electron chi connectivity index (χ4n) is 2.20. The van der Waals surface area contributed by atoms with Crippen LogP contribution in [-0.2, 0) is 14.8 Å². The summed E-state index contributed by atoms with van der Waals surface area (Å²) >= 11 is 0. The zero-order valence-electron chi connectivity index (χ0n) is 14.9. The average molecular weight is 378 g/mol. The lowest BCUT2D eigenvalue weighted by Gasteiger charge is -2.12. The summed E-state index contributed by atoms with van der Waals surface area (Å²) in [7, 11) is -2.30. The molecule has 0 fully saturated rings. The minimum Gasteiger partial charge on any atom is -0.495 e. The Hall–Kier alpha value is -2.58. The first-order valence-corrected chi connectivity index (χ1v) is 9.45. The fraction of sp³-hybridized carbons (Fsp3) is 0.278. The van der Waals surface area contributed by atoms with Gasteiger partial charge in [-0.25, -0.2) is 13.1 Å². The number of hydrogen-bond acceptors (Lipinski definition) is 5. The van der Waals surface area contributed by atoms with Crippen molar-refractivity contribution in [3.8, 4) is 11.5 Å². The molecule has 0 bridgehead atoms. The van der Waals surface area contributed by atoms with E-state index >= 15 is 0 Å². The van der Waals surface area contributed by atoms with E-state index in [1.165, 1.54) is 32.2 Å². The van der Waals surface area contributed by atoms with Crippen LogP contribution in [0.3, 0.4) is 0 Å². The molecule has 0 aliphatic carbocycles. The highest BCUT2D eigenvalue weighted by atomic mass is 32.2. The number of sulfonamides is 1. The second kappa shape index (κ2) is 8.68. The van der Waals surface area contributed by atoms with Crippen LogP contribution >= 0.6 is 0 Å². The highest BCUT2D eigenvalue weighted by Crippen LogP contribution is 2.27. The predicted molar refractivity (Wildman–Crippen MR) is 99.2 cm³/mol. The molecule has 140 valence electrons. The van der Waals surface area contributed by atoms with E-state index in [0.29, 0.717) is 17.2 Å². The fourth-order valence-corrected chi connectivity index (χ4v) is 3.24. The highest BCUT2D eigenvalue weighted by molar-refractivity contribution is 7.89. The smallest absolute Gasteiger partial charge is 0.240 e. The maximum atomic E-state index is 12.4. The molecule has 2 aromatic rings. The van der Waals surface area contributed by atoms with E-state index in [1.54, 1.807) is 0 Å². The Morgan fingerprint density at radius 1 is 1.12 bits per heavy atom. The second-order valence-corrected chi connectivity index (χ2v) is 7.37. The monoisotopic (exact) mass is 378 g/mol. The standard InChI is InChI=1S/C18H22N2O5S/c1-13-4-6-15(7-5-13)25-11-10-19-26(22,23)16-8-9-18(24-3)17(12-16)20-14(2)21/h4-9,12,19H,10-11H2,1-3H3,(H,20,21). The first-order valence-electron chi connectivity index (χ1n) is 7.96. The van der Waals surface area contributed by atoms with Gasteiger partial charge in [-0.05, 0) is 37.3 Å². The van der Waals surface area contributed by atoms with Gasteiger partial charge in [0.05, 0.1) is 17.7 Å². The molecule has 0 aliphatic rings. The molecule has 7 nitrogen and oxygen atoms in total. The average Bonchev–Trinajstić information content (AvgIpc) is 2.59. The van der Waals surface area contributed by atoms with Crippen molar-refractivity contribution in [2.45, 2.75) is 18.7 Å². The molecular weight excluding hydrogens is 356 g/mol. The van der Waals surface area contributed by atoms with Gasteiger partial charge in [0.15, 0.2) is 0 Å². The molecule has 0 aliphatic heterocycles. The Morgan fingerprint density at radius 3 is 2.42 bits per heavy atom. The quantitative estimate of drug-likeness (QED) is 0.688. The molecule has 0 aromatic heterocycles. The van der Waals surface area contributed by atoms with Crippen molar-refractivity contribution in [2.24, 2.45) is 0 Å². The van der Waals surface area contributed by atoms with Crippen LogP contribution in [0.4, 0.5) is 5.69 Å². The number of carbonyl (C=O) groups is 1. The molecule has 0 radical (unpaired) electrons. The number of aryl methyl sites for hydroxylation is 1. The van der Waals surface area contributed by atoms with Gasteiger partial charge in [0.1, 0.15) is 18.1 Å². The molecule has 8 heteroatoms. The first-order chi connectivity index (χ1) is 12.3. The Kier molecular flexibility index (Phi) is 6.59. The van der Waals surface area contributed by atoms with Gasteiger partial charge in [-0.15, -0.1) is 0 Å². The van der Waals surface area contributed by atoms with E-state index in [2.05, 4.69) is 10.0 Å². The number of amides is 1. The molecular formula is C18H22N2O5S. The molecule has 0 atom stereocenters. The molecule has 0 heterocycles. The summed E-state index contributed by atoms with van der Waals surface area (Å²) in [4.78, 5) is 11.3. The summed E-state index contributed by atoms with van der Waals surface area (Å²) in [6.45, 7) is 3.61. The summed E-state index contributed by atoms with van der Waals surface area (Å²) in [5.41, 5.74) is 1.41. The van der Waals surface area contributed by atoms with Crippen molar-refractivity contribution in [2.75, 3.05) is 25.6 Å². The van der Waals surface area contributed by atoms with Gasteiger partial charge >= 0.3 is 0 Å². The number of carbonyl (C=O) groups excluding carboxylic acids is 1. The van der Waals surface area contributed by atoms with Crippen LogP contribution in [0, 0.1) is 6.92 Å². The molecule has 26 heavy (non-hydrogen) atoms. The van der Waals surface area contributed by atoms with Crippen molar-refractivity contribution >= 4 is 21.6 Å². The molecule has 2 rings (SSSR count). The topological polar surface area (TPSA) is 93.7 Å². The third kappa shape index (κ3) is 5.47. The molecule has 0 spiro atoms. The van der Waals surface area contributed by atoms with Crippen molar-refractivity contribution < 1.29 is 22.7 Å². The number of hydrogen-bond donors (Lipinski definition) is 2. The van der Waals surface area contributed by atoms with E-state index in [-0.39, 0.29) is 24.0 Å². The van der Waals surface area contributed by atoms with E-state index in [0.717, 1.165) is 5.56 Å². The van der Waals surface area contributed by atoms with E-state index < -0.39 is 10.0 Å². The molecule has 0 saturated carbocycles. The van der Waals surface area contributed by atoms with Crippen LogP contribution in [0.5, 0.6) is 11.5 Å². The molecule has 0 unspecified atom stereocenters. The molecule has 1 amide bonds. The molecule has 0 saturated heterocycles. The summed E-state index contributed by atoms with van der Waals surface area (Å²) in [5.74, 6) is 0.728. The lowest BCUT2D eigenvalue weighted by Crippen LogP contribution is -2.28. The van der Waals surface area contributed by atoms with E-state index in [9.17, 15) is 13.2 Å². The summed E-state index contributed by atoms with van der Waals surface area (Å²) in [6.07, 6.45) is 0. The lowest BCUT2D eigenvalue weighted by atomic mass is 10.2. The van der Waals surface area contributed by atoms with Crippen molar-refractivity contribution in [1.82, 2.24) is 4.72 Å². The number of rotatable bonds is 8. The van der Waals surface area contributed by atoms with Crippen LogP contribution in [0.15, 0.2) is 47.4 Å². The largest absolute Gasteiger partial charge is 0.495 e. The van der Waals surface area contributed by atoms with Crippen LogP contribution in [0.25, 0.3) is 0 Å². The molecule has 2 aromatic carbocycles. The van der Waals surface area contributed by atoms with Gasteiger partial charge in [-0.1, -0.05) is 17.7 Å². The first kappa shape index (κ1) is 19.7. The maximum absolute atomic E-state index is 12.4. The summed E-state index contributed by atoms with van der Waals surface area (Å²) < 4.78 is 37.9. The predicted octanol–water partition coefficient (Wildman–Crippen LogP) is 2.32. The van der Waals surface area contributed by atoms with Gasteiger partial charge in [0.2, 0.25) is 15.9 Å². The summed E-state index contributed by atoms with van der Waals surface area (Å²) in [5, 5.41) is 2.55. The minimum absolute atomic E-state index is 0.0254. The van der Waals surface area contributed by atoms with Gasteiger partial charge < -0.3 is 14.8 Å². The second-order valence-electron chi connectivity index (χ2n) is 5.60. The van der Waals surface area contributed by atoms with Crippen molar-refractivity contribution in [1.29, 1.82) is 0 Å². The Labute approximate surface area is 153 Å². The van der Waals surface area contributed by atoms with Crippen LogP contribution in [0.2, 0.25) is 0 Å². The Bertz CT molecular complexity index is 864. The zero-order valence-corrected chi connectivity index (χ0v) is 15.7. The van der Waals surface area contributed by atoms with Gasteiger partial charge in [-0.2, -0.15) is 0 Å². The van der Waals surface area contributed by atoms with Crippen molar-refractivity contribution in [3.63, 3.8) is 0 Å². The van der Waals surface area contributed by atoms with Crippen molar-refractivity contribution in [3.05, 3.63) is 48.0 Å². The number of benzene rings is 2. The Morgan fingerprint density at radius 2 is 1.81 bits per heavy atom. The van der Waals surface area contributed by atoms with Gasteiger partial charge in [0.25, 0.3) is 0 Å². The Balaban J connectivity index is 2.00. The van der Waals surface area contributed by atoms with Crippen LogP contribution in [-0.4, -0.2) is 34.6 Å². The van der Waals surface area contributed by atoms with Gasteiger partial charge in [-0.3, -0.25) is 4.79 Å². The van der Waals surface area contributed by atoms with Crippen LogP contribution in [0.1, 0.15) is 12.5 Å². The SMILES string of the molecule is COc1ccc(S(=O)(=O)NCCOc2ccc(C)cc2)cc1NC(C)=O. The van der Waals surface area contributed by atoms with Crippen LogP contribution < -0.4 is 19.5 Å². The number of anilines is 1. The number of ether oxygens (including phenoxy) is 2. The number of methoxy groups -OCH3 is 1. The highest BCUT2D eigenvalue weighted by Gasteiger charge is 2.16. The number of nitrogens with one attached hydrogen (secondary N) is 2. The normalized spacial score (nSPS) is 11.0. The third-order valence-electron chi connectivity index (χ3n) is 3.48. The third-order valence-corrected chi connectivity index (χ3v) is 4.93. The maximum Gasteiger partial charge on any atom is 0.240 e. The summed E-state index contributed by atoms with van der Waals surface area (Å²) in [6, 6.07) is 11.7. The van der Waals surface area contributed by atoms with E-state index in [1.807, 2.05) is 31.2 Å². The lowest BCUT2D eigenvalue weighted by molar-refractivity contribution is -0.114. The van der Waals surface area contributed by atoms with Gasteiger partial charge in [0, 0.05) is 13.5 Å². The molecule has 2 N–H and O–H groups in total. The zero-order chi connectivity index (χ0) is 19.2. The van der Waals surface area contributed by atoms with E-state index in [4.69, 9.17) is 9.47 Å².